The molecule has 0 aromatic heterocycles. The van der Waals surface area contributed by atoms with Gasteiger partial charge in [0.25, 0.3) is 0 Å². The van der Waals surface area contributed by atoms with Crippen molar-refractivity contribution in [2.24, 2.45) is 5.73 Å². The van der Waals surface area contributed by atoms with E-state index in [9.17, 15) is 13.2 Å². The summed E-state index contributed by atoms with van der Waals surface area (Å²) in [7, 11) is 1.74. The normalized spacial score (nSPS) is 20.6. The van der Waals surface area contributed by atoms with Crippen molar-refractivity contribution < 1.29 is 13.2 Å². The van der Waals surface area contributed by atoms with Gasteiger partial charge in [-0.25, -0.2) is 0 Å². The van der Waals surface area contributed by atoms with E-state index in [4.69, 9.17) is 17.3 Å². The van der Waals surface area contributed by atoms with Crippen molar-refractivity contribution in [3.05, 3.63) is 28.3 Å². The van der Waals surface area contributed by atoms with E-state index in [0.717, 1.165) is 6.07 Å². The van der Waals surface area contributed by atoms with Gasteiger partial charge in [0.05, 0.1) is 16.3 Å². The molecule has 6 heteroatoms. The first-order valence-electron chi connectivity index (χ1n) is 5.66. The molecule has 1 aliphatic rings. The third kappa shape index (κ3) is 2.42. The van der Waals surface area contributed by atoms with Gasteiger partial charge >= 0.3 is 6.18 Å². The highest BCUT2D eigenvalue weighted by Crippen LogP contribution is 2.41. The van der Waals surface area contributed by atoms with Crippen LogP contribution in [0.1, 0.15) is 17.5 Å². The molecule has 1 aromatic rings. The van der Waals surface area contributed by atoms with Gasteiger partial charge in [0.1, 0.15) is 0 Å². The minimum Gasteiger partial charge on any atom is -0.373 e. The summed E-state index contributed by atoms with van der Waals surface area (Å²) < 4.78 is 39.0. The predicted octanol–water partition coefficient (Wildman–Crippen LogP) is 3.07. The SMILES string of the molecule is CN1CCC(N)Cc2c(C(F)(F)F)ccc(Cl)c21. The second-order valence-corrected chi connectivity index (χ2v) is 5.00. The maximum Gasteiger partial charge on any atom is 0.416 e. The second-order valence-electron chi connectivity index (χ2n) is 4.59. The van der Waals surface area contributed by atoms with Gasteiger partial charge in [0, 0.05) is 19.6 Å². The number of nitrogens with two attached hydrogens (primary N) is 1. The highest BCUT2D eigenvalue weighted by atomic mass is 35.5. The molecule has 0 saturated carbocycles. The van der Waals surface area contributed by atoms with E-state index >= 15 is 0 Å². The topological polar surface area (TPSA) is 29.3 Å². The molecule has 1 atom stereocenters. The van der Waals surface area contributed by atoms with Crippen molar-refractivity contribution in [3.8, 4) is 0 Å². The molecular formula is C12H14ClF3N2. The zero-order chi connectivity index (χ0) is 13.5. The van der Waals surface area contributed by atoms with Crippen molar-refractivity contribution in [2.75, 3.05) is 18.5 Å². The predicted molar refractivity (Wildman–Crippen MR) is 66.0 cm³/mol. The van der Waals surface area contributed by atoms with E-state index in [1.807, 2.05) is 0 Å². The third-order valence-corrected chi connectivity index (χ3v) is 3.53. The van der Waals surface area contributed by atoms with Gasteiger partial charge in [0.2, 0.25) is 0 Å². The number of alkyl halides is 3. The number of halogens is 4. The number of hydrogen-bond acceptors (Lipinski definition) is 2. The average Bonchev–Trinajstić information content (AvgIpc) is 2.37. The van der Waals surface area contributed by atoms with Gasteiger partial charge in [-0.05, 0) is 30.5 Å². The lowest BCUT2D eigenvalue weighted by molar-refractivity contribution is -0.138. The first-order valence-corrected chi connectivity index (χ1v) is 6.04. The van der Waals surface area contributed by atoms with Crippen LogP contribution in [0.3, 0.4) is 0 Å². The number of nitrogens with zero attached hydrogens (tertiary/aromatic N) is 1. The fourth-order valence-corrected chi connectivity index (χ4v) is 2.65. The summed E-state index contributed by atoms with van der Waals surface area (Å²) in [5.74, 6) is 0. The highest BCUT2D eigenvalue weighted by molar-refractivity contribution is 6.33. The van der Waals surface area contributed by atoms with E-state index in [2.05, 4.69) is 0 Å². The Bertz CT molecular complexity index is 459. The maximum atomic E-state index is 13.0. The Hall–Kier alpha value is -0.940. The molecule has 18 heavy (non-hydrogen) atoms. The van der Waals surface area contributed by atoms with Crippen molar-refractivity contribution in [3.63, 3.8) is 0 Å². The zero-order valence-electron chi connectivity index (χ0n) is 9.89. The van der Waals surface area contributed by atoms with Gasteiger partial charge in [-0.3, -0.25) is 0 Å². The van der Waals surface area contributed by atoms with E-state index in [-0.39, 0.29) is 18.0 Å². The van der Waals surface area contributed by atoms with Crippen LogP contribution in [0, 0.1) is 0 Å². The Kier molecular flexibility index (Phi) is 3.47. The van der Waals surface area contributed by atoms with Crippen LogP contribution in [-0.4, -0.2) is 19.6 Å². The highest BCUT2D eigenvalue weighted by Gasteiger charge is 2.36. The van der Waals surface area contributed by atoms with Crippen molar-refractivity contribution in [2.45, 2.75) is 25.1 Å². The Labute approximate surface area is 109 Å². The molecule has 2 N–H and O–H groups in total. The van der Waals surface area contributed by atoms with Gasteiger partial charge in [-0.1, -0.05) is 11.6 Å². The molecule has 0 aliphatic carbocycles. The van der Waals surface area contributed by atoms with E-state index < -0.39 is 11.7 Å². The van der Waals surface area contributed by atoms with Gasteiger partial charge < -0.3 is 10.6 Å². The molecule has 0 amide bonds. The van der Waals surface area contributed by atoms with Crippen LogP contribution < -0.4 is 10.6 Å². The van der Waals surface area contributed by atoms with Crippen LogP contribution in [-0.2, 0) is 12.6 Å². The molecule has 1 heterocycles. The van der Waals surface area contributed by atoms with Gasteiger partial charge in [0.15, 0.2) is 0 Å². The zero-order valence-corrected chi connectivity index (χ0v) is 10.6. The van der Waals surface area contributed by atoms with Crippen LogP contribution in [0.5, 0.6) is 0 Å². The molecule has 0 fully saturated rings. The third-order valence-electron chi connectivity index (χ3n) is 3.22. The maximum absolute atomic E-state index is 13.0. The lowest BCUT2D eigenvalue weighted by Crippen LogP contribution is -2.25. The van der Waals surface area contributed by atoms with Crippen LogP contribution in [0.15, 0.2) is 12.1 Å². The Morgan fingerprint density at radius 2 is 2.06 bits per heavy atom. The van der Waals surface area contributed by atoms with Crippen molar-refractivity contribution in [1.82, 2.24) is 0 Å². The van der Waals surface area contributed by atoms with Gasteiger partial charge in [-0.2, -0.15) is 13.2 Å². The Morgan fingerprint density at radius 3 is 2.67 bits per heavy atom. The molecule has 0 saturated heterocycles. The molecule has 0 spiro atoms. The first-order chi connectivity index (χ1) is 8.30. The summed E-state index contributed by atoms with van der Waals surface area (Å²) in [5, 5.41) is 0.342. The van der Waals surface area contributed by atoms with Gasteiger partial charge in [-0.15, -0.1) is 0 Å². The minimum atomic E-state index is -4.38. The average molecular weight is 279 g/mol. The van der Waals surface area contributed by atoms with Crippen molar-refractivity contribution >= 4 is 17.3 Å². The fourth-order valence-electron chi connectivity index (χ4n) is 2.33. The van der Waals surface area contributed by atoms with Crippen LogP contribution in [0.4, 0.5) is 18.9 Å². The Balaban J connectivity index is 2.64. The first kappa shape index (κ1) is 13.5. The molecule has 1 unspecified atom stereocenters. The molecule has 0 bridgehead atoms. The molecule has 2 rings (SSSR count). The summed E-state index contributed by atoms with van der Waals surface area (Å²) >= 11 is 6.03. The number of hydrogen-bond donors (Lipinski definition) is 1. The Morgan fingerprint density at radius 1 is 1.39 bits per heavy atom. The lowest BCUT2D eigenvalue weighted by Gasteiger charge is -2.23. The number of anilines is 1. The minimum absolute atomic E-state index is 0.203. The van der Waals surface area contributed by atoms with Crippen LogP contribution in [0.2, 0.25) is 5.02 Å². The summed E-state index contributed by atoms with van der Waals surface area (Å²) in [5.41, 5.74) is 5.87. The molecule has 1 aliphatic heterocycles. The largest absolute Gasteiger partial charge is 0.416 e. The van der Waals surface area contributed by atoms with Crippen molar-refractivity contribution in [1.29, 1.82) is 0 Å². The molecule has 100 valence electrons. The molecule has 0 radical (unpaired) electrons. The smallest absolute Gasteiger partial charge is 0.373 e. The fraction of sp³-hybridized carbons (Fsp3) is 0.500. The summed E-state index contributed by atoms with van der Waals surface area (Å²) in [6.45, 7) is 0.606. The van der Waals surface area contributed by atoms with E-state index in [0.29, 0.717) is 23.7 Å². The molecular weight excluding hydrogens is 265 g/mol. The van der Waals surface area contributed by atoms with Crippen LogP contribution >= 0.6 is 11.6 Å². The summed E-state index contributed by atoms with van der Waals surface area (Å²) in [4.78, 5) is 1.75. The summed E-state index contributed by atoms with van der Waals surface area (Å²) in [6.07, 6.45) is -3.52. The standard InChI is InChI=1S/C12H14ClF3N2/c1-18-5-4-7(17)6-8-9(12(14,15)16)2-3-10(13)11(8)18/h2-3,7H,4-6,17H2,1H3. The monoisotopic (exact) mass is 278 g/mol. The number of fused-ring (bicyclic) bond motifs is 1. The van der Waals surface area contributed by atoms with E-state index in [1.54, 1.807) is 11.9 Å². The second kappa shape index (κ2) is 4.63. The number of rotatable bonds is 0. The lowest BCUT2D eigenvalue weighted by atomic mass is 9.98. The summed E-state index contributed by atoms with van der Waals surface area (Å²) in [6, 6.07) is 2.07. The van der Waals surface area contributed by atoms with E-state index in [1.165, 1.54) is 6.07 Å². The molecule has 1 aromatic carbocycles. The quantitative estimate of drug-likeness (QED) is 0.790. The van der Waals surface area contributed by atoms with Crippen LogP contribution in [0.25, 0.3) is 0 Å². The number of benzene rings is 1. The molecule has 2 nitrogen and oxygen atoms in total.